The summed E-state index contributed by atoms with van der Waals surface area (Å²) in [5.74, 6) is 0. The molecule has 0 amide bonds. The molecule has 21 heavy (non-hydrogen) atoms. The summed E-state index contributed by atoms with van der Waals surface area (Å²) >= 11 is 1.26. The molecule has 1 aromatic carbocycles. The maximum Gasteiger partial charge on any atom is 0.273 e. The van der Waals surface area contributed by atoms with Crippen molar-refractivity contribution in [2.75, 3.05) is 17.9 Å². The van der Waals surface area contributed by atoms with Gasteiger partial charge in [0.2, 0.25) is 0 Å². The van der Waals surface area contributed by atoms with Gasteiger partial charge in [0, 0.05) is 12.6 Å². The van der Waals surface area contributed by atoms with Crippen LogP contribution in [-0.2, 0) is 16.4 Å². The summed E-state index contributed by atoms with van der Waals surface area (Å²) in [6.07, 6.45) is 0.768. The lowest BCUT2D eigenvalue weighted by atomic mass is 10.0. The van der Waals surface area contributed by atoms with Crippen LogP contribution < -0.4 is 9.62 Å². The highest BCUT2D eigenvalue weighted by molar-refractivity contribution is 7.94. The number of sulfonamides is 1. The summed E-state index contributed by atoms with van der Waals surface area (Å²) in [6.45, 7) is 2.61. The molecule has 1 N–H and O–H groups in total. The predicted molar refractivity (Wildman–Crippen MR) is 86.5 cm³/mol. The number of hydrogen-bond donors (Lipinski definition) is 1. The van der Waals surface area contributed by atoms with Crippen LogP contribution in [0.5, 0.6) is 0 Å². The zero-order valence-electron chi connectivity index (χ0n) is 12.0. The minimum Gasteiger partial charge on any atom is -0.313 e. The quantitative estimate of drug-likeness (QED) is 0.941. The molecular weight excluding hydrogens is 304 g/mol. The van der Waals surface area contributed by atoms with Gasteiger partial charge in [0.1, 0.15) is 4.21 Å². The third-order valence-corrected chi connectivity index (χ3v) is 7.12. The normalized spacial score (nSPS) is 16.0. The van der Waals surface area contributed by atoms with Gasteiger partial charge in [-0.15, -0.1) is 11.3 Å². The summed E-state index contributed by atoms with van der Waals surface area (Å²) in [4.78, 5) is 0. The fourth-order valence-electron chi connectivity index (χ4n) is 2.60. The summed E-state index contributed by atoms with van der Waals surface area (Å²) in [6, 6.07) is 9.74. The van der Waals surface area contributed by atoms with Crippen LogP contribution in [0.2, 0.25) is 0 Å². The average Bonchev–Trinajstić information content (AvgIpc) is 3.15. The number of anilines is 1. The van der Waals surface area contributed by atoms with Crippen molar-refractivity contribution in [2.45, 2.75) is 23.6 Å². The van der Waals surface area contributed by atoms with Crippen molar-refractivity contribution in [1.82, 2.24) is 5.32 Å². The monoisotopic (exact) mass is 322 g/mol. The first-order chi connectivity index (χ1) is 10.0. The Labute approximate surface area is 129 Å². The first-order valence-corrected chi connectivity index (χ1v) is 9.22. The molecule has 1 atom stereocenters. The third kappa shape index (κ3) is 2.47. The smallest absolute Gasteiger partial charge is 0.273 e. The van der Waals surface area contributed by atoms with Gasteiger partial charge in [-0.05, 0) is 49.0 Å². The summed E-state index contributed by atoms with van der Waals surface area (Å²) in [5, 5.41) is 5.00. The Morgan fingerprint density at radius 2 is 2.14 bits per heavy atom. The minimum absolute atomic E-state index is 0.262. The highest BCUT2D eigenvalue weighted by Crippen LogP contribution is 2.35. The van der Waals surface area contributed by atoms with E-state index in [1.165, 1.54) is 21.2 Å². The van der Waals surface area contributed by atoms with Crippen molar-refractivity contribution in [3.05, 3.63) is 46.8 Å². The lowest BCUT2D eigenvalue weighted by molar-refractivity contribution is 0.594. The van der Waals surface area contributed by atoms with Crippen LogP contribution in [0, 0.1) is 0 Å². The molecule has 6 heteroatoms. The maximum absolute atomic E-state index is 12.7. The molecule has 1 aliphatic heterocycles. The van der Waals surface area contributed by atoms with Gasteiger partial charge in [-0.1, -0.05) is 18.2 Å². The lowest BCUT2D eigenvalue weighted by Gasteiger charge is -2.19. The first-order valence-electron chi connectivity index (χ1n) is 6.90. The largest absolute Gasteiger partial charge is 0.313 e. The van der Waals surface area contributed by atoms with Gasteiger partial charge in [0.25, 0.3) is 10.0 Å². The molecular formula is C15H18N2O2S2. The fourth-order valence-corrected chi connectivity index (χ4v) is 5.20. The first kappa shape index (κ1) is 14.6. The van der Waals surface area contributed by atoms with Gasteiger partial charge in [0.05, 0.1) is 5.69 Å². The van der Waals surface area contributed by atoms with Gasteiger partial charge < -0.3 is 5.32 Å². The third-order valence-electron chi connectivity index (χ3n) is 3.93. The molecule has 0 aliphatic carbocycles. The predicted octanol–water partition coefficient (Wildman–Crippen LogP) is 2.78. The van der Waals surface area contributed by atoms with Crippen LogP contribution in [0.3, 0.4) is 0 Å². The van der Waals surface area contributed by atoms with Crippen LogP contribution in [0.15, 0.2) is 39.9 Å². The number of fused-ring (bicyclic) bond motifs is 1. The molecule has 0 spiro atoms. The topological polar surface area (TPSA) is 49.4 Å². The van der Waals surface area contributed by atoms with Crippen LogP contribution in [0.1, 0.15) is 24.1 Å². The van der Waals surface area contributed by atoms with Crippen molar-refractivity contribution >= 4 is 27.0 Å². The van der Waals surface area contributed by atoms with E-state index in [0.717, 1.165) is 17.7 Å². The molecule has 0 bridgehead atoms. The van der Waals surface area contributed by atoms with Crippen LogP contribution >= 0.6 is 11.3 Å². The number of rotatable bonds is 4. The van der Waals surface area contributed by atoms with Gasteiger partial charge in [0.15, 0.2) is 0 Å². The van der Waals surface area contributed by atoms with Gasteiger partial charge in [-0.3, -0.25) is 4.31 Å². The van der Waals surface area contributed by atoms with Crippen molar-refractivity contribution in [2.24, 2.45) is 0 Å². The number of nitrogens with zero attached hydrogens (tertiary/aromatic N) is 1. The van der Waals surface area contributed by atoms with Gasteiger partial charge >= 0.3 is 0 Å². The van der Waals surface area contributed by atoms with Crippen molar-refractivity contribution in [3.63, 3.8) is 0 Å². The van der Waals surface area contributed by atoms with E-state index >= 15 is 0 Å². The maximum atomic E-state index is 12.7. The van der Waals surface area contributed by atoms with Crippen LogP contribution in [0.25, 0.3) is 0 Å². The van der Waals surface area contributed by atoms with E-state index in [-0.39, 0.29) is 6.04 Å². The van der Waals surface area contributed by atoms with E-state index in [9.17, 15) is 8.42 Å². The second kappa shape index (κ2) is 5.44. The molecule has 112 valence electrons. The SMILES string of the molecule is CNC(C)c1ccc2c(c1)CCN2S(=O)(=O)c1cccs1. The highest BCUT2D eigenvalue weighted by Gasteiger charge is 2.31. The standard InChI is InChI=1S/C15H18N2O2S2/c1-11(16-2)12-5-6-14-13(10-12)7-8-17(14)21(18,19)15-4-3-9-20-15/h3-6,9-11,16H,7-8H2,1-2H3. The Bertz CT molecular complexity index is 739. The molecule has 0 fully saturated rings. The molecule has 0 saturated carbocycles. The molecule has 0 saturated heterocycles. The van der Waals surface area contributed by atoms with Gasteiger partial charge in [-0.2, -0.15) is 0 Å². The molecule has 2 aromatic rings. The molecule has 1 aliphatic rings. The second-order valence-corrected chi connectivity index (χ2v) is 8.19. The van der Waals surface area contributed by atoms with E-state index in [4.69, 9.17) is 0 Å². The molecule has 4 nitrogen and oxygen atoms in total. The molecule has 0 radical (unpaired) electrons. The number of benzene rings is 1. The van der Waals surface area contributed by atoms with Crippen molar-refractivity contribution in [1.29, 1.82) is 0 Å². The zero-order chi connectivity index (χ0) is 15.0. The molecule has 1 aromatic heterocycles. The molecule has 3 rings (SSSR count). The summed E-state index contributed by atoms with van der Waals surface area (Å²) in [7, 11) is -1.49. The van der Waals surface area contributed by atoms with E-state index < -0.39 is 10.0 Å². The van der Waals surface area contributed by atoms with E-state index in [1.54, 1.807) is 17.5 Å². The van der Waals surface area contributed by atoms with E-state index in [2.05, 4.69) is 18.3 Å². The fraction of sp³-hybridized carbons (Fsp3) is 0.333. The molecule has 1 unspecified atom stereocenters. The Kier molecular flexibility index (Phi) is 3.77. The number of thiophene rings is 1. The highest BCUT2D eigenvalue weighted by atomic mass is 32.2. The average molecular weight is 322 g/mol. The summed E-state index contributed by atoms with van der Waals surface area (Å²) < 4.78 is 27.2. The lowest BCUT2D eigenvalue weighted by Crippen LogP contribution is -2.28. The van der Waals surface area contributed by atoms with Crippen molar-refractivity contribution < 1.29 is 8.42 Å². The number of nitrogens with one attached hydrogen (secondary N) is 1. The van der Waals surface area contributed by atoms with Gasteiger partial charge in [-0.25, -0.2) is 8.42 Å². The van der Waals surface area contributed by atoms with Crippen LogP contribution in [0.4, 0.5) is 5.69 Å². The summed E-state index contributed by atoms with van der Waals surface area (Å²) in [5.41, 5.74) is 3.11. The van der Waals surface area contributed by atoms with E-state index in [0.29, 0.717) is 10.8 Å². The van der Waals surface area contributed by atoms with Crippen molar-refractivity contribution in [3.8, 4) is 0 Å². The second-order valence-electron chi connectivity index (χ2n) is 5.16. The Morgan fingerprint density at radius 1 is 1.33 bits per heavy atom. The number of hydrogen-bond acceptors (Lipinski definition) is 4. The van der Waals surface area contributed by atoms with E-state index in [1.807, 2.05) is 19.2 Å². The minimum atomic E-state index is -3.41. The molecule has 2 heterocycles. The zero-order valence-corrected chi connectivity index (χ0v) is 13.7. The Morgan fingerprint density at radius 3 is 2.81 bits per heavy atom. The van der Waals surface area contributed by atoms with Crippen LogP contribution in [-0.4, -0.2) is 22.0 Å². The Balaban J connectivity index is 1.98. The Hall–Kier alpha value is -1.37.